The molecule has 0 spiro atoms. The molecule has 43 heavy (non-hydrogen) atoms. The number of hydrogen-bond acceptors (Lipinski definition) is 7. The number of hydrogen-bond donors (Lipinski definition) is 1. The number of carbonyl (C=O) groups excluding carboxylic acids is 1. The molecule has 2 aromatic carbocycles. The zero-order valence-corrected chi connectivity index (χ0v) is 25.2. The number of carbonyl (C=O) groups is 1. The summed E-state index contributed by atoms with van der Waals surface area (Å²) in [5.41, 5.74) is 3.09. The number of benzene rings is 2. The normalized spacial score (nSPS) is 17.5. The van der Waals surface area contributed by atoms with Gasteiger partial charge in [-0.1, -0.05) is 51.1 Å². The molecule has 1 amide bonds. The van der Waals surface area contributed by atoms with Crippen molar-refractivity contribution in [3.63, 3.8) is 0 Å². The third kappa shape index (κ3) is 7.31. The first-order chi connectivity index (χ1) is 20.6. The number of piperidine rings is 1. The molecule has 228 valence electrons. The summed E-state index contributed by atoms with van der Waals surface area (Å²) in [7, 11) is 3.05. The predicted octanol–water partition coefficient (Wildman–Crippen LogP) is 7.20. The number of likely N-dealkylation sites (tertiary alicyclic amines) is 1. The summed E-state index contributed by atoms with van der Waals surface area (Å²) >= 11 is 0. The number of nitrogens with one attached hydrogen (secondary N) is 1. The molecule has 4 rings (SSSR count). The highest BCUT2D eigenvalue weighted by Crippen LogP contribution is 2.40. The summed E-state index contributed by atoms with van der Waals surface area (Å²) < 4.78 is 47.5. The number of fused-ring (bicyclic) bond motifs is 1. The van der Waals surface area contributed by atoms with Crippen molar-refractivity contribution in [2.45, 2.75) is 45.6 Å². The molecule has 0 bridgehead atoms. The van der Waals surface area contributed by atoms with E-state index in [2.05, 4.69) is 53.9 Å². The molecule has 10 heteroatoms. The SMILES string of the molecule is C=CC(=O)N1CCC(Oc2cc(OC)cc3ncnc(Nc4cc(/C(C)=C/C=C\C(C)CC)ccc4OC)c23)C(F)(F)C1. The highest BCUT2D eigenvalue weighted by atomic mass is 19.3. The van der Waals surface area contributed by atoms with E-state index >= 15 is 8.78 Å². The second-order valence-corrected chi connectivity index (χ2v) is 10.5. The summed E-state index contributed by atoms with van der Waals surface area (Å²) in [5.74, 6) is -1.93. The Morgan fingerprint density at radius 3 is 2.67 bits per heavy atom. The fourth-order valence-electron chi connectivity index (χ4n) is 4.77. The van der Waals surface area contributed by atoms with E-state index in [-0.39, 0.29) is 18.7 Å². The third-order valence-electron chi connectivity index (χ3n) is 7.54. The summed E-state index contributed by atoms with van der Waals surface area (Å²) in [5, 5.41) is 3.72. The molecule has 1 fully saturated rings. The van der Waals surface area contributed by atoms with Gasteiger partial charge in [0.05, 0.1) is 37.4 Å². The number of aromatic nitrogens is 2. The number of methoxy groups -OCH3 is 2. The number of allylic oxidation sites excluding steroid dienone is 4. The van der Waals surface area contributed by atoms with E-state index in [1.54, 1.807) is 19.2 Å². The first kappa shape index (κ1) is 31.5. The molecule has 1 N–H and O–H groups in total. The predicted molar refractivity (Wildman–Crippen MR) is 165 cm³/mol. The van der Waals surface area contributed by atoms with Gasteiger partial charge in [0, 0.05) is 25.1 Å². The highest BCUT2D eigenvalue weighted by molar-refractivity contribution is 5.97. The van der Waals surface area contributed by atoms with E-state index < -0.39 is 24.5 Å². The van der Waals surface area contributed by atoms with Crippen LogP contribution in [0.25, 0.3) is 16.5 Å². The van der Waals surface area contributed by atoms with Crippen LogP contribution in [0.5, 0.6) is 17.2 Å². The van der Waals surface area contributed by atoms with Gasteiger partial charge >= 0.3 is 5.92 Å². The van der Waals surface area contributed by atoms with Crippen molar-refractivity contribution in [1.29, 1.82) is 0 Å². The largest absolute Gasteiger partial charge is 0.497 e. The van der Waals surface area contributed by atoms with Gasteiger partial charge in [0.2, 0.25) is 5.91 Å². The van der Waals surface area contributed by atoms with Gasteiger partial charge in [-0.05, 0) is 42.2 Å². The van der Waals surface area contributed by atoms with Crippen LogP contribution in [0.4, 0.5) is 20.3 Å². The molecule has 1 saturated heterocycles. The average Bonchev–Trinajstić information content (AvgIpc) is 3.00. The highest BCUT2D eigenvalue weighted by Gasteiger charge is 2.47. The van der Waals surface area contributed by atoms with Crippen molar-refractivity contribution < 1.29 is 27.8 Å². The molecule has 0 aliphatic carbocycles. The van der Waals surface area contributed by atoms with Crippen molar-refractivity contribution in [3.8, 4) is 17.2 Å². The summed E-state index contributed by atoms with van der Waals surface area (Å²) in [4.78, 5) is 21.9. The standard InChI is InChI=1S/C33H38F2N4O4/c1-7-21(3)10-9-11-22(4)23-12-13-27(42-6)25(16-23)38-32-31-26(36-20-37-32)17-24(41-5)18-28(31)43-29-14-15-39(30(40)8-2)19-33(29,34)35/h8-13,16-18,20-21,29H,2,7,14-15,19H2,1,3-6H3,(H,36,37,38)/b10-9-,22-11+. The number of anilines is 2. The van der Waals surface area contributed by atoms with Gasteiger partial charge in [0.25, 0.3) is 0 Å². The molecule has 0 saturated carbocycles. The number of amides is 1. The Bertz CT molecular complexity index is 1540. The van der Waals surface area contributed by atoms with E-state index in [0.29, 0.717) is 39.8 Å². The van der Waals surface area contributed by atoms with Crippen LogP contribution in [-0.2, 0) is 4.79 Å². The molecule has 2 heterocycles. The average molecular weight is 593 g/mol. The monoisotopic (exact) mass is 592 g/mol. The van der Waals surface area contributed by atoms with Crippen molar-refractivity contribution in [2.24, 2.45) is 5.92 Å². The second-order valence-electron chi connectivity index (χ2n) is 10.5. The maximum Gasteiger partial charge on any atom is 0.301 e. The lowest BCUT2D eigenvalue weighted by Gasteiger charge is -2.38. The van der Waals surface area contributed by atoms with Crippen LogP contribution < -0.4 is 19.5 Å². The minimum atomic E-state index is -3.31. The third-order valence-corrected chi connectivity index (χ3v) is 7.54. The fraction of sp³-hybridized carbons (Fsp3) is 0.364. The molecule has 1 aliphatic heterocycles. The van der Waals surface area contributed by atoms with Crippen molar-refractivity contribution in [1.82, 2.24) is 14.9 Å². The van der Waals surface area contributed by atoms with E-state index in [1.807, 2.05) is 25.1 Å². The van der Waals surface area contributed by atoms with E-state index in [0.717, 1.165) is 28.5 Å². The molecule has 3 aromatic rings. The lowest BCUT2D eigenvalue weighted by atomic mass is 10.0. The van der Waals surface area contributed by atoms with Gasteiger partial charge in [-0.25, -0.2) is 18.7 Å². The molecule has 2 atom stereocenters. The number of ether oxygens (including phenoxy) is 3. The first-order valence-corrected chi connectivity index (χ1v) is 14.2. The Morgan fingerprint density at radius 2 is 2.00 bits per heavy atom. The maximum absolute atomic E-state index is 15.2. The molecule has 1 aromatic heterocycles. The fourth-order valence-corrected chi connectivity index (χ4v) is 4.77. The Kier molecular flexibility index (Phi) is 10.0. The van der Waals surface area contributed by atoms with Gasteiger partial charge in [0.1, 0.15) is 29.4 Å². The Hall–Kier alpha value is -4.47. The zero-order chi connectivity index (χ0) is 31.1. The first-order valence-electron chi connectivity index (χ1n) is 14.2. The van der Waals surface area contributed by atoms with Crippen molar-refractivity contribution in [3.05, 3.63) is 73.1 Å². The summed E-state index contributed by atoms with van der Waals surface area (Å²) in [6.45, 7) is 9.09. The lowest BCUT2D eigenvalue weighted by Crippen LogP contribution is -2.55. The van der Waals surface area contributed by atoms with E-state index in [1.165, 1.54) is 13.4 Å². The summed E-state index contributed by atoms with van der Waals surface area (Å²) in [6, 6.07) is 8.99. The van der Waals surface area contributed by atoms with Crippen molar-refractivity contribution in [2.75, 3.05) is 32.6 Å². The van der Waals surface area contributed by atoms with E-state index in [9.17, 15) is 4.79 Å². The Labute approximate surface area is 251 Å². The maximum atomic E-state index is 15.2. The molecule has 2 unspecified atom stereocenters. The van der Waals surface area contributed by atoms with Crippen LogP contribution in [0.2, 0.25) is 0 Å². The lowest BCUT2D eigenvalue weighted by molar-refractivity contribution is -0.156. The van der Waals surface area contributed by atoms with Gasteiger partial charge < -0.3 is 24.4 Å². The number of rotatable bonds is 11. The smallest absolute Gasteiger partial charge is 0.301 e. The summed E-state index contributed by atoms with van der Waals surface area (Å²) in [6.07, 6.45) is 8.20. The van der Waals surface area contributed by atoms with Crippen LogP contribution in [0.15, 0.2) is 67.5 Å². The van der Waals surface area contributed by atoms with Gasteiger partial charge in [-0.3, -0.25) is 4.79 Å². The van der Waals surface area contributed by atoms with E-state index in [4.69, 9.17) is 14.2 Å². The van der Waals surface area contributed by atoms with Crippen LogP contribution in [0, 0.1) is 5.92 Å². The van der Waals surface area contributed by atoms with Crippen LogP contribution >= 0.6 is 0 Å². The quantitative estimate of drug-likeness (QED) is 0.186. The number of nitrogens with zero attached hydrogens (tertiary/aromatic N) is 3. The topological polar surface area (TPSA) is 85.8 Å². The van der Waals surface area contributed by atoms with Crippen molar-refractivity contribution >= 4 is 33.9 Å². The zero-order valence-electron chi connectivity index (χ0n) is 25.2. The molecule has 8 nitrogen and oxygen atoms in total. The molecular weight excluding hydrogens is 554 g/mol. The van der Waals surface area contributed by atoms with Crippen LogP contribution in [0.1, 0.15) is 39.2 Å². The minimum Gasteiger partial charge on any atom is -0.497 e. The second kappa shape index (κ2) is 13.7. The van der Waals surface area contributed by atoms with Gasteiger partial charge in [-0.2, -0.15) is 0 Å². The Morgan fingerprint density at radius 1 is 1.21 bits per heavy atom. The Balaban J connectivity index is 1.72. The van der Waals surface area contributed by atoms with Crippen LogP contribution in [0.3, 0.4) is 0 Å². The molecule has 0 radical (unpaired) electrons. The molecular formula is C33H38F2N4O4. The minimum absolute atomic E-state index is 0.0747. The van der Waals surface area contributed by atoms with Crippen LogP contribution in [-0.4, -0.2) is 60.1 Å². The molecule has 1 aliphatic rings. The van der Waals surface area contributed by atoms with Gasteiger partial charge in [-0.15, -0.1) is 0 Å². The number of halogens is 2. The number of alkyl halides is 2. The van der Waals surface area contributed by atoms with Gasteiger partial charge in [0.15, 0.2) is 6.10 Å².